The van der Waals surface area contributed by atoms with Gasteiger partial charge in [0.25, 0.3) is 5.91 Å². The number of hydrogen-bond donors (Lipinski definition) is 1. The summed E-state index contributed by atoms with van der Waals surface area (Å²) in [6.07, 6.45) is 6.28. The van der Waals surface area contributed by atoms with Crippen molar-refractivity contribution in [1.29, 1.82) is 0 Å². The molecule has 0 bridgehead atoms. The molecule has 1 saturated heterocycles. The van der Waals surface area contributed by atoms with E-state index in [-0.39, 0.29) is 5.91 Å². The first kappa shape index (κ1) is 18.3. The molecule has 7 heteroatoms. The summed E-state index contributed by atoms with van der Waals surface area (Å²) >= 11 is 0. The fraction of sp³-hybridized carbons (Fsp3) is 0.217. The summed E-state index contributed by atoms with van der Waals surface area (Å²) in [6.45, 7) is 4.02. The van der Waals surface area contributed by atoms with Crippen molar-refractivity contribution in [3.63, 3.8) is 0 Å². The van der Waals surface area contributed by atoms with Crippen LogP contribution in [0.2, 0.25) is 0 Å². The molecule has 0 unspecified atom stereocenters. The third-order valence-corrected chi connectivity index (χ3v) is 5.44. The first-order valence-corrected chi connectivity index (χ1v) is 10.1. The van der Waals surface area contributed by atoms with Gasteiger partial charge >= 0.3 is 0 Å². The third-order valence-electron chi connectivity index (χ3n) is 5.44. The monoisotopic (exact) mass is 398 g/mol. The van der Waals surface area contributed by atoms with Crippen molar-refractivity contribution < 1.29 is 4.79 Å². The van der Waals surface area contributed by atoms with E-state index >= 15 is 0 Å². The molecule has 1 aliphatic rings. The Bertz CT molecular complexity index is 1210. The number of anilines is 2. The summed E-state index contributed by atoms with van der Waals surface area (Å²) in [6, 6.07) is 15.3. The molecular weight excluding hydrogens is 376 g/mol. The summed E-state index contributed by atoms with van der Waals surface area (Å²) in [7, 11) is 0. The average Bonchev–Trinajstić information content (AvgIpc) is 3.45. The first-order valence-electron chi connectivity index (χ1n) is 10.1. The largest absolute Gasteiger partial charge is 0.355 e. The Morgan fingerprint density at radius 1 is 1.00 bits per heavy atom. The van der Waals surface area contributed by atoms with Crippen LogP contribution in [0.4, 0.5) is 11.5 Å². The molecule has 150 valence electrons. The van der Waals surface area contributed by atoms with Gasteiger partial charge in [-0.3, -0.25) is 4.79 Å². The zero-order valence-electron chi connectivity index (χ0n) is 16.7. The number of aryl methyl sites for hydroxylation is 1. The number of benzene rings is 1. The minimum absolute atomic E-state index is 0.289. The topological polar surface area (TPSA) is 75.4 Å². The van der Waals surface area contributed by atoms with Crippen LogP contribution in [0.1, 0.15) is 28.9 Å². The smallest absolute Gasteiger partial charge is 0.276 e. The number of rotatable bonds is 4. The second-order valence-electron chi connectivity index (χ2n) is 7.52. The highest BCUT2D eigenvalue weighted by Crippen LogP contribution is 2.28. The fourth-order valence-corrected chi connectivity index (χ4v) is 3.85. The maximum absolute atomic E-state index is 12.8. The van der Waals surface area contributed by atoms with Crippen molar-refractivity contribution >= 4 is 23.1 Å². The molecule has 1 aliphatic heterocycles. The van der Waals surface area contributed by atoms with Crippen molar-refractivity contribution in [3.05, 3.63) is 72.2 Å². The molecule has 0 aliphatic carbocycles. The van der Waals surface area contributed by atoms with Gasteiger partial charge in [0.2, 0.25) is 0 Å². The van der Waals surface area contributed by atoms with Gasteiger partial charge in [0.15, 0.2) is 11.5 Å². The molecule has 0 saturated carbocycles. The molecule has 0 radical (unpaired) electrons. The minimum Gasteiger partial charge on any atom is -0.355 e. The standard InChI is InChI=1S/C23H22N6O/c1-16-7-6-14-29-15-20(24-22(16)29)17-8-2-3-9-18(17)25-23(30)19-10-11-21(27-26-19)28-12-4-5-13-28/h2-3,6-11,14-15H,4-5,12-13H2,1H3,(H,25,30). The van der Waals surface area contributed by atoms with Gasteiger partial charge in [-0.25, -0.2) is 4.98 Å². The summed E-state index contributed by atoms with van der Waals surface area (Å²) in [5.74, 6) is 0.535. The molecule has 7 nitrogen and oxygen atoms in total. The molecule has 5 rings (SSSR count). The molecule has 0 atom stereocenters. The number of carbonyl (C=O) groups is 1. The SMILES string of the molecule is Cc1cccn2cc(-c3ccccc3NC(=O)c3ccc(N4CCCC4)nn3)nc12. The second-order valence-corrected chi connectivity index (χ2v) is 7.52. The highest BCUT2D eigenvalue weighted by Gasteiger charge is 2.17. The lowest BCUT2D eigenvalue weighted by atomic mass is 10.1. The van der Waals surface area contributed by atoms with Gasteiger partial charge < -0.3 is 14.6 Å². The lowest BCUT2D eigenvalue weighted by Crippen LogP contribution is -2.21. The number of fused-ring (bicyclic) bond motifs is 1. The number of carbonyl (C=O) groups excluding carboxylic acids is 1. The van der Waals surface area contributed by atoms with Gasteiger partial charge in [-0.1, -0.05) is 24.3 Å². The number of pyridine rings is 1. The van der Waals surface area contributed by atoms with Crippen molar-refractivity contribution in [3.8, 4) is 11.3 Å². The normalized spacial score (nSPS) is 13.7. The van der Waals surface area contributed by atoms with Crippen LogP contribution in [0.5, 0.6) is 0 Å². The van der Waals surface area contributed by atoms with E-state index in [1.807, 2.05) is 66.2 Å². The molecule has 1 N–H and O–H groups in total. The van der Waals surface area contributed by atoms with Gasteiger partial charge in [0.05, 0.1) is 11.4 Å². The van der Waals surface area contributed by atoms with E-state index in [0.29, 0.717) is 11.4 Å². The van der Waals surface area contributed by atoms with E-state index in [9.17, 15) is 4.79 Å². The minimum atomic E-state index is -0.289. The molecule has 1 aromatic carbocycles. The van der Waals surface area contributed by atoms with Crippen LogP contribution in [-0.4, -0.2) is 38.6 Å². The average molecular weight is 398 g/mol. The number of nitrogens with one attached hydrogen (secondary N) is 1. The maximum atomic E-state index is 12.8. The second kappa shape index (κ2) is 7.59. The Morgan fingerprint density at radius 3 is 2.60 bits per heavy atom. The van der Waals surface area contributed by atoms with E-state index in [4.69, 9.17) is 4.98 Å². The predicted octanol–water partition coefficient (Wildman–Crippen LogP) is 3.95. The highest BCUT2D eigenvalue weighted by molar-refractivity contribution is 6.04. The van der Waals surface area contributed by atoms with Crippen LogP contribution in [-0.2, 0) is 0 Å². The molecule has 4 aromatic rings. The molecule has 1 amide bonds. The van der Waals surface area contributed by atoms with Crippen molar-refractivity contribution in [2.45, 2.75) is 19.8 Å². The number of para-hydroxylation sites is 1. The zero-order chi connectivity index (χ0) is 20.5. The quantitative estimate of drug-likeness (QED) is 0.563. The number of hydrogen-bond acceptors (Lipinski definition) is 5. The maximum Gasteiger partial charge on any atom is 0.276 e. The van der Waals surface area contributed by atoms with Crippen LogP contribution >= 0.6 is 0 Å². The van der Waals surface area contributed by atoms with Crippen molar-refractivity contribution in [1.82, 2.24) is 19.6 Å². The van der Waals surface area contributed by atoms with Crippen LogP contribution in [0.15, 0.2) is 60.9 Å². The molecule has 3 aromatic heterocycles. The number of aromatic nitrogens is 4. The fourth-order valence-electron chi connectivity index (χ4n) is 3.85. The van der Waals surface area contributed by atoms with E-state index in [1.165, 1.54) is 12.8 Å². The van der Waals surface area contributed by atoms with Gasteiger partial charge in [0.1, 0.15) is 5.65 Å². The molecule has 0 spiro atoms. The number of nitrogens with zero attached hydrogens (tertiary/aromatic N) is 5. The van der Waals surface area contributed by atoms with E-state index in [1.54, 1.807) is 6.07 Å². The summed E-state index contributed by atoms with van der Waals surface area (Å²) in [5, 5.41) is 11.4. The lowest BCUT2D eigenvalue weighted by molar-refractivity contribution is 0.102. The summed E-state index contributed by atoms with van der Waals surface area (Å²) < 4.78 is 1.99. The first-order chi connectivity index (χ1) is 14.7. The van der Waals surface area contributed by atoms with Crippen molar-refractivity contribution in [2.75, 3.05) is 23.3 Å². The Balaban J connectivity index is 1.41. The zero-order valence-corrected chi connectivity index (χ0v) is 16.7. The Hall–Kier alpha value is -3.74. The predicted molar refractivity (Wildman–Crippen MR) is 117 cm³/mol. The van der Waals surface area contributed by atoms with E-state index < -0.39 is 0 Å². The van der Waals surface area contributed by atoms with Crippen molar-refractivity contribution in [2.24, 2.45) is 0 Å². The molecular formula is C23H22N6O. The molecule has 30 heavy (non-hydrogen) atoms. The van der Waals surface area contributed by atoms with Crippen LogP contribution in [0.3, 0.4) is 0 Å². The number of imidazole rings is 1. The van der Waals surface area contributed by atoms with E-state index in [2.05, 4.69) is 20.4 Å². The highest BCUT2D eigenvalue weighted by atomic mass is 16.1. The van der Waals surface area contributed by atoms with Gasteiger partial charge in [-0.15, -0.1) is 10.2 Å². The summed E-state index contributed by atoms with van der Waals surface area (Å²) in [4.78, 5) is 19.8. The Kier molecular flexibility index (Phi) is 4.63. The lowest BCUT2D eigenvalue weighted by Gasteiger charge is -2.15. The number of amides is 1. The van der Waals surface area contributed by atoms with Gasteiger partial charge in [0, 0.05) is 31.0 Å². The van der Waals surface area contributed by atoms with E-state index in [0.717, 1.165) is 41.4 Å². The van der Waals surface area contributed by atoms with Gasteiger partial charge in [-0.05, 0) is 49.6 Å². The third kappa shape index (κ3) is 3.39. The summed E-state index contributed by atoms with van der Waals surface area (Å²) in [5.41, 5.74) is 4.63. The molecule has 4 heterocycles. The Morgan fingerprint density at radius 2 is 1.83 bits per heavy atom. The van der Waals surface area contributed by atoms with Crippen LogP contribution in [0.25, 0.3) is 16.9 Å². The van der Waals surface area contributed by atoms with Gasteiger partial charge in [-0.2, -0.15) is 0 Å². The molecule has 1 fully saturated rings. The Labute approximate surface area is 174 Å². The van der Waals surface area contributed by atoms with Crippen LogP contribution < -0.4 is 10.2 Å². The van der Waals surface area contributed by atoms with Crippen LogP contribution in [0, 0.1) is 6.92 Å².